The van der Waals surface area contributed by atoms with Gasteiger partial charge in [0, 0.05) is 12.8 Å². The average Bonchev–Trinajstić information content (AvgIpc) is 3.52. The summed E-state index contributed by atoms with van der Waals surface area (Å²) in [6.07, 6.45) is 96.9. The van der Waals surface area contributed by atoms with Gasteiger partial charge in [-0.2, -0.15) is 0 Å². The maximum absolute atomic E-state index is 12.6. The van der Waals surface area contributed by atoms with Crippen molar-refractivity contribution in [2.45, 2.75) is 463 Å². The van der Waals surface area contributed by atoms with Crippen LogP contribution >= 0.6 is 0 Å². The minimum absolute atomic E-state index is 0.0172. The first-order chi connectivity index (χ1) is 42.5. The maximum atomic E-state index is 12.6. The molecule has 6 nitrogen and oxygen atoms in total. The van der Waals surface area contributed by atoms with Crippen LogP contribution in [0.2, 0.25) is 0 Å². The number of carbonyl (C=O) groups is 2. The van der Waals surface area contributed by atoms with Crippen molar-refractivity contribution >= 4 is 11.9 Å². The summed E-state index contributed by atoms with van der Waals surface area (Å²) >= 11 is 0. The Bertz CT molecular complexity index is 1350. The number of hydrogen-bond donors (Lipinski definition) is 3. The third-order valence-corrected chi connectivity index (χ3v) is 18.8. The van der Waals surface area contributed by atoms with Gasteiger partial charge in [0.1, 0.15) is 0 Å². The number of carbonyl (C=O) groups excluding carboxylic acids is 2. The molecule has 0 aliphatic heterocycles. The average molecular weight is 1210 g/mol. The molecule has 0 aromatic heterocycles. The number of hydrogen-bond acceptors (Lipinski definition) is 5. The molecule has 0 aliphatic rings. The molecule has 6 heteroatoms. The van der Waals surface area contributed by atoms with E-state index in [1.165, 1.54) is 372 Å². The number of ether oxygens (including phenoxy) is 1. The first-order valence-corrected chi connectivity index (χ1v) is 39.6. The molecule has 0 radical (unpaired) electrons. The Morgan fingerprint density at radius 3 is 0.884 bits per heavy atom. The molecule has 0 fully saturated rings. The van der Waals surface area contributed by atoms with Crippen LogP contribution < -0.4 is 5.32 Å². The van der Waals surface area contributed by atoms with Crippen LogP contribution in [0.4, 0.5) is 0 Å². The third-order valence-electron chi connectivity index (χ3n) is 18.8. The number of unbranched alkanes of at least 4 members (excludes halogenated alkanes) is 60. The third kappa shape index (κ3) is 71.4. The van der Waals surface area contributed by atoms with Gasteiger partial charge >= 0.3 is 5.97 Å². The van der Waals surface area contributed by atoms with Crippen LogP contribution in [0.1, 0.15) is 450 Å². The number of aliphatic hydroxyl groups is 2. The second kappa shape index (κ2) is 75.8. The van der Waals surface area contributed by atoms with Gasteiger partial charge in [-0.25, -0.2) is 0 Å². The molecule has 2 unspecified atom stereocenters. The lowest BCUT2D eigenvalue weighted by Gasteiger charge is -2.22. The summed E-state index contributed by atoms with van der Waals surface area (Å²) in [5.74, 6) is -0.0116. The molecule has 510 valence electrons. The fraction of sp³-hybridized carbons (Fsp3) is 0.925. The van der Waals surface area contributed by atoms with Crippen molar-refractivity contribution in [3.8, 4) is 0 Å². The Hall–Kier alpha value is -1.66. The smallest absolute Gasteiger partial charge is 0.305 e. The predicted molar refractivity (Wildman–Crippen MR) is 380 cm³/mol. The van der Waals surface area contributed by atoms with Crippen LogP contribution in [0, 0.1) is 0 Å². The Morgan fingerprint density at radius 2 is 0.581 bits per heavy atom. The lowest BCUT2D eigenvalue weighted by molar-refractivity contribution is -0.143. The molecule has 0 saturated heterocycles. The molecular formula is C80H155NO5. The van der Waals surface area contributed by atoms with Gasteiger partial charge in [-0.1, -0.05) is 404 Å². The summed E-state index contributed by atoms with van der Waals surface area (Å²) in [5.41, 5.74) is 0. The Kier molecular flexibility index (Phi) is 74.3. The van der Waals surface area contributed by atoms with Crippen LogP contribution in [-0.2, 0) is 14.3 Å². The molecule has 2 atom stereocenters. The number of nitrogens with one attached hydrogen (secondary N) is 1. The van der Waals surface area contributed by atoms with Crippen molar-refractivity contribution < 1.29 is 24.5 Å². The summed E-state index contributed by atoms with van der Waals surface area (Å²) in [5, 5.41) is 23.5. The molecule has 0 heterocycles. The molecule has 0 bridgehead atoms. The zero-order chi connectivity index (χ0) is 62.0. The molecule has 0 spiro atoms. The summed E-state index contributed by atoms with van der Waals surface area (Å²) in [6, 6.07) is -0.542. The number of aliphatic hydroxyl groups excluding tert-OH is 2. The van der Waals surface area contributed by atoms with E-state index in [4.69, 9.17) is 4.74 Å². The molecular weight excluding hydrogens is 1050 g/mol. The SMILES string of the molecule is CCCCCCCCCCCCCCCCCCCCCCCCCC(O)C(CO)NC(=O)CCCCCCCCCCCCCCCCC/C=C\C/C=C\CCCCCCCCCCCOC(=O)CCCCCCCCCCCCCCCCC. The summed E-state index contributed by atoms with van der Waals surface area (Å²) in [4.78, 5) is 24.7. The van der Waals surface area contributed by atoms with E-state index < -0.39 is 12.1 Å². The van der Waals surface area contributed by atoms with Crippen molar-refractivity contribution in [1.82, 2.24) is 5.32 Å². The molecule has 3 N–H and O–H groups in total. The van der Waals surface area contributed by atoms with Gasteiger partial charge in [-0.15, -0.1) is 0 Å². The molecule has 0 saturated carbocycles. The van der Waals surface area contributed by atoms with Gasteiger partial charge in [-0.05, 0) is 57.8 Å². The standard InChI is InChI=1S/C80H155NO5/c1-3-5-7-9-11-13-15-17-19-20-21-22-32-35-38-41-45-48-52-56-60-64-68-72-78(83)77(76-82)81-79(84)73-69-65-61-57-53-49-46-42-39-36-33-30-28-26-24-23-25-27-29-31-34-37-40-43-47-51-55-59-63-67-71-75-86-80(85)74-70-66-62-58-54-50-44-18-16-14-12-10-8-6-4-2/h25,27,31,34,77-78,82-83H,3-24,26,28-30,32-33,35-76H2,1-2H3,(H,81,84)/b27-25-,34-31-. The summed E-state index contributed by atoms with van der Waals surface area (Å²) < 4.78 is 5.50. The van der Waals surface area contributed by atoms with Crippen LogP contribution in [0.15, 0.2) is 24.3 Å². The lowest BCUT2D eigenvalue weighted by atomic mass is 10.0. The van der Waals surface area contributed by atoms with Crippen molar-refractivity contribution in [2.75, 3.05) is 13.2 Å². The zero-order valence-electron chi connectivity index (χ0n) is 58.6. The minimum Gasteiger partial charge on any atom is -0.466 e. The molecule has 0 rings (SSSR count). The van der Waals surface area contributed by atoms with E-state index in [0.29, 0.717) is 25.9 Å². The topological polar surface area (TPSA) is 95.9 Å². The highest BCUT2D eigenvalue weighted by Gasteiger charge is 2.20. The normalized spacial score (nSPS) is 12.6. The van der Waals surface area contributed by atoms with Crippen molar-refractivity contribution in [3.63, 3.8) is 0 Å². The number of esters is 1. The van der Waals surface area contributed by atoms with Gasteiger partial charge in [0.2, 0.25) is 5.91 Å². The predicted octanol–water partition coefficient (Wildman–Crippen LogP) is 26.0. The number of allylic oxidation sites excluding steroid dienone is 4. The van der Waals surface area contributed by atoms with Crippen molar-refractivity contribution in [3.05, 3.63) is 24.3 Å². The lowest BCUT2D eigenvalue weighted by Crippen LogP contribution is -2.45. The van der Waals surface area contributed by atoms with Crippen LogP contribution in [0.3, 0.4) is 0 Å². The molecule has 0 aromatic carbocycles. The Morgan fingerprint density at radius 1 is 0.326 bits per heavy atom. The van der Waals surface area contributed by atoms with Crippen LogP contribution in [0.5, 0.6) is 0 Å². The second-order valence-electron chi connectivity index (χ2n) is 27.4. The van der Waals surface area contributed by atoms with Crippen LogP contribution in [0.25, 0.3) is 0 Å². The van der Waals surface area contributed by atoms with Gasteiger partial charge in [0.25, 0.3) is 0 Å². The van der Waals surface area contributed by atoms with Crippen molar-refractivity contribution in [2.24, 2.45) is 0 Å². The zero-order valence-corrected chi connectivity index (χ0v) is 58.6. The fourth-order valence-corrected chi connectivity index (χ4v) is 12.7. The van der Waals surface area contributed by atoms with E-state index in [2.05, 4.69) is 43.5 Å². The largest absolute Gasteiger partial charge is 0.466 e. The molecule has 0 aromatic rings. The minimum atomic E-state index is -0.665. The van der Waals surface area contributed by atoms with Gasteiger partial charge in [0.15, 0.2) is 0 Å². The highest BCUT2D eigenvalue weighted by molar-refractivity contribution is 5.76. The molecule has 0 aliphatic carbocycles. The van der Waals surface area contributed by atoms with Gasteiger partial charge in [0.05, 0.1) is 25.4 Å². The number of amides is 1. The molecule has 86 heavy (non-hydrogen) atoms. The van der Waals surface area contributed by atoms with E-state index in [1.54, 1.807) is 0 Å². The van der Waals surface area contributed by atoms with Crippen molar-refractivity contribution in [1.29, 1.82) is 0 Å². The highest BCUT2D eigenvalue weighted by Crippen LogP contribution is 2.20. The van der Waals surface area contributed by atoms with E-state index in [9.17, 15) is 19.8 Å². The Balaban J connectivity index is 3.38. The number of rotatable bonds is 75. The second-order valence-corrected chi connectivity index (χ2v) is 27.4. The quantitative estimate of drug-likeness (QED) is 0.0320. The Labute approximate surface area is 539 Å². The van der Waals surface area contributed by atoms with E-state index >= 15 is 0 Å². The van der Waals surface area contributed by atoms with E-state index in [1.807, 2.05) is 0 Å². The first-order valence-electron chi connectivity index (χ1n) is 39.6. The first kappa shape index (κ1) is 84.3. The van der Waals surface area contributed by atoms with E-state index in [0.717, 1.165) is 44.9 Å². The van der Waals surface area contributed by atoms with E-state index in [-0.39, 0.29) is 18.5 Å². The summed E-state index contributed by atoms with van der Waals surface area (Å²) in [7, 11) is 0. The summed E-state index contributed by atoms with van der Waals surface area (Å²) in [6.45, 7) is 5.01. The molecule has 1 amide bonds. The van der Waals surface area contributed by atoms with Crippen LogP contribution in [-0.4, -0.2) is 47.4 Å². The van der Waals surface area contributed by atoms with Gasteiger partial charge in [-0.3, -0.25) is 9.59 Å². The monoisotopic (exact) mass is 1210 g/mol. The van der Waals surface area contributed by atoms with Gasteiger partial charge < -0.3 is 20.3 Å². The highest BCUT2D eigenvalue weighted by atomic mass is 16.5. The fourth-order valence-electron chi connectivity index (χ4n) is 12.7. The maximum Gasteiger partial charge on any atom is 0.305 e.